The summed E-state index contributed by atoms with van der Waals surface area (Å²) in [7, 11) is 0. The van der Waals surface area contributed by atoms with E-state index in [1.165, 1.54) is 5.56 Å². The lowest BCUT2D eigenvalue weighted by molar-refractivity contribution is 0.0951. The van der Waals surface area contributed by atoms with Gasteiger partial charge in [0.15, 0.2) is 0 Å². The maximum atomic E-state index is 12.5. The number of carbonyl (C=O) groups excluding carboxylic acids is 1. The molecule has 4 heteroatoms. The van der Waals surface area contributed by atoms with Crippen molar-refractivity contribution in [1.82, 2.24) is 15.1 Å². The quantitative estimate of drug-likeness (QED) is 0.779. The molecule has 24 heavy (non-hydrogen) atoms. The molecule has 122 valence electrons. The Morgan fingerprint density at radius 1 is 1.08 bits per heavy atom. The van der Waals surface area contributed by atoms with E-state index in [-0.39, 0.29) is 11.8 Å². The van der Waals surface area contributed by atoms with E-state index in [0.29, 0.717) is 12.1 Å². The SMILES string of the molecule is Cc1c(C(=O)NCC(C)c2ccccc2)cnn1-c1ccccc1. The number of para-hydroxylation sites is 1. The van der Waals surface area contributed by atoms with Gasteiger partial charge in [0.05, 0.1) is 23.1 Å². The molecule has 1 atom stereocenters. The van der Waals surface area contributed by atoms with Crippen molar-refractivity contribution in [3.05, 3.63) is 83.7 Å². The molecule has 1 heterocycles. The van der Waals surface area contributed by atoms with E-state index in [0.717, 1.165) is 11.4 Å². The zero-order valence-corrected chi connectivity index (χ0v) is 13.9. The van der Waals surface area contributed by atoms with Gasteiger partial charge in [0.1, 0.15) is 0 Å². The summed E-state index contributed by atoms with van der Waals surface area (Å²) in [6.07, 6.45) is 1.63. The van der Waals surface area contributed by atoms with Crippen LogP contribution in [0, 0.1) is 6.92 Å². The van der Waals surface area contributed by atoms with E-state index < -0.39 is 0 Å². The second kappa shape index (κ2) is 7.13. The molecule has 1 N–H and O–H groups in total. The van der Waals surface area contributed by atoms with Crippen LogP contribution in [0.2, 0.25) is 0 Å². The first-order valence-electron chi connectivity index (χ1n) is 8.10. The van der Waals surface area contributed by atoms with Crippen molar-refractivity contribution in [2.45, 2.75) is 19.8 Å². The van der Waals surface area contributed by atoms with Crippen molar-refractivity contribution in [2.75, 3.05) is 6.54 Å². The van der Waals surface area contributed by atoms with Gasteiger partial charge in [0.2, 0.25) is 0 Å². The highest BCUT2D eigenvalue weighted by atomic mass is 16.1. The Bertz CT molecular complexity index is 809. The van der Waals surface area contributed by atoms with E-state index in [2.05, 4.69) is 29.5 Å². The first-order valence-corrected chi connectivity index (χ1v) is 8.10. The molecule has 2 aromatic carbocycles. The van der Waals surface area contributed by atoms with E-state index in [1.54, 1.807) is 10.9 Å². The van der Waals surface area contributed by atoms with Gasteiger partial charge in [-0.05, 0) is 30.5 Å². The average Bonchev–Trinajstić information content (AvgIpc) is 3.02. The minimum Gasteiger partial charge on any atom is -0.351 e. The fourth-order valence-corrected chi connectivity index (χ4v) is 2.70. The number of benzene rings is 2. The van der Waals surface area contributed by atoms with Gasteiger partial charge in [-0.15, -0.1) is 0 Å². The zero-order valence-electron chi connectivity index (χ0n) is 13.9. The topological polar surface area (TPSA) is 46.9 Å². The van der Waals surface area contributed by atoms with Gasteiger partial charge in [0, 0.05) is 6.54 Å². The number of aromatic nitrogens is 2. The lowest BCUT2D eigenvalue weighted by Crippen LogP contribution is -2.27. The lowest BCUT2D eigenvalue weighted by atomic mass is 10.0. The molecule has 1 unspecified atom stereocenters. The molecule has 0 saturated carbocycles. The van der Waals surface area contributed by atoms with Crippen molar-refractivity contribution >= 4 is 5.91 Å². The van der Waals surface area contributed by atoms with Gasteiger partial charge in [-0.1, -0.05) is 55.5 Å². The van der Waals surface area contributed by atoms with Crippen LogP contribution in [0.25, 0.3) is 5.69 Å². The number of hydrogen-bond donors (Lipinski definition) is 1. The van der Waals surface area contributed by atoms with Crippen molar-refractivity contribution in [3.63, 3.8) is 0 Å². The van der Waals surface area contributed by atoms with Gasteiger partial charge in [-0.25, -0.2) is 4.68 Å². The minimum atomic E-state index is -0.0857. The predicted octanol–water partition coefficient (Wildman–Crippen LogP) is 3.71. The van der Waals surface area contributed by atoms with Gasteiger partial charge in [-0.2, -0.15) is 5.10 Å². The first kappa shape index (κ1) is 16.0. The Labute approximate surface area is 142 Å². The smallest absolute Gasteiger partial charge is 0.254 e. The monoisotopic (exact) mass is 319 g/mol. The number of nitrogens with zero attached hydrogens (tertiary/aromatic N) is 2. The molecule has 0 saturated heterocycles. The molecule has 4 nitrogen and oxygen atoms in total. The maximum absolute atomic E-state index is 12.5. The van der Waals surface area contributed by atoms with Gasteiger partial charge in [-0.3, -0.25) is 4.79 Å². The Morgan fingerprint density at radius 2 is 1.71 bits per heavy atom. The molecule has 1 amide bonds. The normalized spacial score (nSPS) is 11.9. The number of carbonyl (C=O) groups is 1. The van der Waals surface area contributed by atoms with Crippen LogP contribution in [0.5, 0.6) is 0 Å². The van der Waals surface area contributed by atoms with Crippen LogP contribution in [-0.4, -0.2) is 22.2 Å². The summed E-state index contributed by atoms with van der Waals surface area (Å²) in [6.45, 7) is 4.62. The Kier molecular flexibility index (Phi) is 4.75. The Balaban J connectivity index is 1.69. The summed E-state index contributed by atoms with van der Waals surface area (Å²) in [5.74, 6) is 0.178. The van der Waals surface area contributed by atoms with E-state index in [9.17, 15) is 4.79 Å². The van der Waals surface area contributed by atoms with E-state index >= 15 is 0 Å². The zero-order chi connectivity index (χ0) is 16.9. The van der Waals surface area contributed by atoms with Crippen LogP contribution in [0.3, 0.4) is 0 Å². The molecule has 0 spiro atoms. The highest BCUT2D eigenvalue weighted by molar-refractivity contribution is 5.95. The third kappa shape index (κ3) is 3.38. The summed E-state index contributed by atoms with van der Waals surface area (Å²) in [4.78, 5) is 12.5. The number of amides is 1. The molecule has 0 aliphatic carbocycles. The largest absolute Gasteiger partial charge is 0.351 e. The molecular weight excluding hydrogens is 298 g/mol. The van der Waals surface area contributed by atoms with Crippen LogP contribution < -0.4 is 5.32 Å². The summed E-state index contributed by atoms with van der Waals surface area (Å²) in [6, 6.07) is 20.0. The molecule has 0 radical (unpaired) electrons. The second-order valence-corrected chi connectivity index (χ2v) is 5.91. The molecule has 0 aliphatic heterocycles. The number of hydrogen-bond acceptors (Lipinski definition) is 2. The highest BCUT2D eigenvalue weighted by Crippen LogP contribution is 2.16. The van der Waals surface area contributed by atoms with Crippen LogP contribution in [0.4, 0.5) is 0 Å². The third-order valence-corrected chi connectivity index (χ3v) is 4.19. The number of nitrogens with one attached hydrogen (secondary N) is 1. The Hall–Kier alpha value is -2.88. The molecule has 0 aliphatic rings. The lowest BCUT2D eigenvalue weighted by Gasteiger charge is -2.13. The van der Waals surface area contributed by atoms with Crippen molar-refractivity contribution < 1.29 is 4.79 Å². The molecule has 3 rings (SSSR count). The Morgan fingerprint density at radius 3 is 2.38 bits per heavy atom. The summed E-state index contributed by atoms with van der Waals surface area (Å²) in [5, 5.41) is 7.36. The fraction of sp³-hybridized carbons (Fsp3) is 0.200. The minimum absolute atomic E-state index is 0.0857. The molecular formula is C20H21N3O. The van der Waals surface area contributed by atoms with Gasteiger partial charge < -0.3 is 5.32 Å². The van der Waals surface area contributed by atoms with E-state index in [1.807, 2.05) is 55.5 Å². The van der Waals surface area contributed by atoms with Gasteiger partial charge in [0.25, 0.3) is 5.91 Å². The van der Waals surface area contributed by atoms with Crippen LogP contribution in [-0.2, 0) is 0 Å². The van der Waals surface area contributed by atoms with Crippen LogP contribution in [0.15, 0.2) is 66.9 Å². The standard InChI is InChI=1S/C20H21N3O/c1-15(17-9-5-3-6-10-17)13-21-20(24)19-14-22-23(16(19)2)18-11-7-4-8-12-18/h3-12,14-15H,13H2,1-2H3,(H,21,24). The van der Waals surface area contributed by atoms with Gasteiger partial charge >= 0.3 is 0 Å². The summed E-state index contributed by atoms with van der Waals surface area (Å²) < 4.78 is 1.79. The maximum Gasteiger partial charge on any atom is 0.254 e. The van der Waals surface area contributed by atoms with Crippen molar-refractivity contribution in [1.29, 1.82) is 0 Å². The summed E-state index contributed by atoms with van der Waals surface area (Å²) in [5.41, 5.74) is 3.62. The van der Waals surface area contributed by atoms with Crippen LogP contribution in [0.1, 0.15) is 34.5 Å². The molecule has 0 bridgehead atoms. The molecule has 3 aromatic rings. The third-order valence-electron chi connectivity index (χ3n) is 4.19. The average molecular weight is 319 g/mol. The second-order valence-electron chi connectivity index (χ2n) is 5.91. The summed E-state index contributed by atoms with van der Waals surface area (Å²) >= 11 is 0. The highest BCUT2D eigenvalue weighted by Gasteiger charge is 2.16. The molecule has 1 aromatic heterocycles. The van der Waals surface area contributed by atoms with Crippen molar-refractivity contribution in [3.8, 4) is 5.69 Å². The van der Waals surface area contributed by atoms with E-state index in [4.69, 9.17) is 0 Å². The fourth-order valence-electron chi connectivity index (χ4n) is 2.70. The number of rotatable bonds is 5. The predicted molar refractivity (Wildman–Crippen MR) is 95.5 cm³/mol. The van der Waals surface area contributed by atoms with Crippen molar-refractivity contribution in [2.24, 2.45) is 0 Å². The first-order chi connectivity index (χ1) is 11.7. The molecule has 0 fully saturated rings. The van der Waals surface area contributed by atoms with Crippen LogP contribution >= 0.6 is 0 Å².